The third-order valence-electron chi connectivity index (χ3n) is 2.03. The van der Waals surface area contributed by atoms with E-state index in [1.807, 2.05) is 10.8 Å². The van der Waals surface area contributed by atoms with Crippen molar-refractivity contribution in [2.24, 2.45) is 0 Å². The Bertz CT molecular complexity index is 458. The number of anilines is 1. The molecule has 0 atom stereocenters. The zero-order valence-corrected chi connectivity index (χ0v) is 9.15. The lowest BCUT2D eigenvalue weighted by Crippen LogP contribution is -2.11. The van der Waals surface area contributed by atoms with Crippen LogP contribution >= 0.6 is 11.6 Å². The highest BCUT2D eigenvalue weighted by Crippen LogP contribution is 2.14. The van der Waals surface area contributed by atoms with Crippen LogP contribution in [0, 0.1) is 5.82 Å². The van der Waals surface area contributed by atoms with Gasteiger partial charge in [-0.1, -0.05) is 11.6 Å². The van der Waals surface area contributed by atoms with Crippen molar-refractivity contribution in [2.45, 2.75) is 6.54 Å². The molecule has 0 saturated heterocycles. The van der Waals surface area contributed by atoms with Gasteiger partial charge in [0, 0.05) is 31.7 Å². The number of nitrogens with zero attached hydrogens (tertiary/aromatic N) is 3. The van der Waals surface area contributed by atoms with Crippen molar-refractivity contribution in [1.29, 1.82) is 0 Å². The highest BCUT2D eigenvalue weighted by molar-refractivity contribution is 6.30. The maximum atomic E-state index is 13.3. The number of hydrogen-bond acceptors (Lipinski definition) is 3. The lowest BCUT2D eigenvalue weighted by atomic mass is 10.4. The van der Waals surface area contributed by atoms with Crippen LogP contribution in [0.5, 0.6) is 0 Å². The topological polar surface area (TPSA) is 42.7 Å². The van der Waals surface area contributed by atoms with Crippen LogP contribution in [-0.2, 0) is 6.54 Å². The average molecular weight is 241 g/mol. The van der Waals surface area contributed by atoms with Crippen LogP contribution < -0.4 is 5.32 Å². The van der Waals surface area contributed by atoms with E-state index < -0.39 is 5.82 Å². The van der Waals surface area contributed by atoms with E-state index in [-0.39, 0.29) is 10.8 Å². The first-order valence-corrected chi connectivity index (χ1v) is 5.14. The summed E-state index contributed by atoms with van der Waals surface area (Å²) in [5.74, 6) is -0.234. The van der Waals surface area contributed by atoms with Gasteiger partial charge in [-0.25, -0.2) is 14.4 Å². The number of nitrogens with one attached hydrogen (secondary N) is 1. The Labute approximate surface area is 97.1 Å². The molecule has 0 spiro atoms. The van der Waals surface area contributed by atoms with Gasteiger partial charge in [-0.05, 0) is 6.07 Å². The average Bonchev–Trinajstić information content (AvgIpc) is 2.74. The molecule has 0 bridgehead atoms. The zero-order valence-electron chi connectivity index (χ0n) is 8.40. The highest BCUT2D eigenvalue weighted by Gasteiger charge is 2.03. The van der Waals surface area contributed by atoms with Gasteiger partial charge in [-0.15, -0.1) is 0 Å². The van der Waals surface area contributed by atoms with Crippen molar-refractivity contribution in [3.8, 4) is 0 Å². The molecule has 0 aromatic carbocycles. The van der Waals surface area contributed by atoms with Gasteiger partial charge in [0.15, 0.2) is 11.6 Å². The summed E-state index contributed by atoms with van der Waals surface area (Å²) in [6, 6.07) is 1.23. The number of imidazole rings is 1. The van der Waals surface area contributed by atoms with Crippen molar-refractivity contribution in [3.63, 3.8) is 0 Å². The monoisotopic (exact) mass is 240 g/mol. The van der Waals surface area contributed by atoms with Gasteiger partial charge in [0.25, 0.3) is 0 Å². The quantitative estimate of drug-likeness (QED) is 0.891. The van der Waals surface area contributed by atoms with E-state index in [1.165, 1.54) is 12.3 Å². The highest BCUT2D eigenvalue weighted by atomic mass is 35.5. The molecule has 2 rings (SSSR count). The van der Waals surface area contributed by atoms with Gasteiger partial charge >= 0.3 is 0 Å². The summed E-state index contributed by atoms with van der Waals surface area (Å²) in [4.78, 5) is 7.76. The SMILES string of the molecule is Fc1cc(Cl)cnc1NCCn1ccnc1. The van der Waals surface area contributed by atoms with Crippen LogP contribution in [0.3, 0.4) is 0 Å². The molecule has 2 aromatic rings. The van der Waals surface area contributed by atoms with Crippen LogP contribution in [0.1, 0.15) is 0 Å². The second-order valence-corrected chi connectivity index (χ2v) is 3.65. The van der Waals surface area contributed by atoms with E-state index >= 15 is 0 Å². The molecule has 6 heteroatoms. The summed E-state index contributed by atoms with van der Waals surface area (Å²) in [6.07, 6.45) is 6.64. The number of hydrogen-bond donors (Lipinski definition) is 1. The second kappa shape index (κ2) is 4.94. The van der Waals surface area contributed by atoms with Crippen LogP contribution in [0.25, 0.3) is 0 Å². The largest absolute Gasteiger partial charge is 0.366 e. The van der Waals surface area contributed by atoms with Crippen molar-refractivity contribution < 1.29 is 4.39 Å². The molecule has 0 saturated carbocycles. The van der Waals surface area contributed by atoms with Crippen LogP contribution in [0.15, 0.2) is 31.0 Å². The Kier molecular flexibility index (Phi) is 3.36. The fourth-order valence-corrected chi connectivity index (χ4v) is 1.41. The Morgan fingerprint density at radius 2 is 2.38 bits per heavy atom. The number of aromatic nitrogens is 3. The number of rotatable bonds is 4. The van der Waals surface area contributed by atoms with Gasteiger partial charge in [0.05, 0.1) is 11.3 Å². The lowest BCUT2D eigenvalue weighted by molar-refractivity contribution is 0.621. The maximum Gasteiger partial charge on any atom is 0.166 e. The molecule has 0 fully saturated rings. The van der Waals surface area contributed by atoms with E-state index in [0.29, 0.717) is 13.1 Å². The minimum Gasteiger partial charge on any atom is -0.366 e. The van der Waals surface area contributed by atoms with Crippen LogP contribution in [-0.4, -0.2) is 21.1 Å². The predicted octanol–water partition coefficient (Wildman–Crippen LogP) is 2.18. The van der Waals surface area contributed by atoms with E-state index in [2.05, 4.69) is 15.3 Å². The van der Waals surface area contributed by atoms with E-state index in [4.69, 9.17) is 11.6 Å². The Hall–Kier alpha value is -1.62. The molecule has 1 N–H and O–H groups in total. The Morgan fingerprint density at radius 1 is 1.50 bits per heavy atom. The summed E-state index contributed by atoms with van der Waals surface area (Å²) in [7, 11) is 0. The third-order valence-corrected chi connectivity index (χ3v) is 2.24. The molecule has 0 amide bonds. The summed E-state index contributed by atoms with van der Waals surface area (Å²) in [5, 5.41) is 3.17. The molecular weight excluding hydrogens is 231 g/mol. The summed E-state index contributed by atoms with van der Waals surface area (Å²) >= 11 is 5.59. The maximum absolute atomic E-state index is 13.3. The molecule has 0 aliphatic carbocycles. The van der Waals surface area contributed by atoms with Gasteiger partial charge in [-0.2, -0.15) is 0 Å². The minimum atomic E-state index is -0.446. The summed E-state index contributed by atoms with van der Waals surface area (Å²) < 4.78 is 15.2. The van der Waals surface area contributed by atoms with E-state index in [1.54, 1.807) is 12.5 Å². The molecule has 0 radical (unpaired) electrons. The van der Waals surface area contributed by atoms with Gasteiger partial charge in [0.1, 0.15) is 0 Å². The van der Waals surface area contributed by atoms with E-state index in [9.17, 15) is 4.39 Å². The Morgan fingerprint density at radius 3 is 3.06 bits per heavy atom. The standard InChI is InChI=1S/C10H10ClFN4/c11-8-5-9(12)10(15-6-8)14-2-4-16-3-1-13-7-16/h1,3,5-7H,2,4H2,(H,14,15). The fourth-order valence-electron chi connectivity index (χ4n) is 1.27. The first-order chi connectivity index (χ1) is 7.75. The molecule has 2 aromatic heterocycles. The van der Waals surface area contributed by atoms with Crippen molar-refractivity contribution >= 4 is 17.4 Å². The molecule has 4 nitrogen and oxygen atoms in total. The predicted molar refractivity (Wildman–Crippen MR) is 59.9 cm³/mol. The summed E-state index contributed by atoms with van der Waals surface area (Å²) in [5.41, 5.74) is 0. The third kappa shape index (κ3) is 2.70. The smallest absolute Gasteiger partial charge is 0.166 e. The van der Waals surface area contributed by atoms with Crippen molar-refractivity contribution in [3.05, 3.63) is 41.8 Å². The van der Waals surface area contributed by atoms with Gasteiger partial charge in [-0.3, -0.25) is 0 Å². The minimum absolute atomic E-state index is 0.213. The van der Waals surface area contributed by atoms with Crippen molar-refractivity contribution in [2.75, 3.05) is 11.9 Å². The Balaban J connectivity index is 1.90. The van der Waals surface area contributed by atoms with Crippen LogP contribution in [0.4, 0.5) is 10.2 Å². The molecule has 2 heterocycles. The van der Waals surface area contributed by atoms with Gasteiger partial charge in [0.2, 0.25) is 0 Å². The van der Waals surface area contributed by atoms with E-state index in [0.717, 1.165) is 0 Å². The summed E-state index contributed by atoms with van der Waals surface area (Å²) in [6.45, 7) is 1.27. The number of halogens is 2. The first-order valence-electron chi connectivity index (χ1n) is 4.76. The lowest BCUT2D eigenvalue weighted by Gasteiger charge is -2.06. The molecular formula is C10H10ClFN4. The normalized spacial score (nSPS) is 10.4. The fraction of sp³-hybridized carbons (Fsp3) is 0.200. The zero-order chi connectivity index (χ0) is 11.4. The van der Waals surface area contributed by atoms with Crippen molar-refractivity contribution in [1.82, 2.24) is 14.5 Å². The molecule has 0 aliphatic rings. The number of pyridine rings is 1. The second-order valence-electron chi connectivity index (χ2n) is 3.21. The van der Waals surface area contributed by atoms with Gasteiger partial charge < -0.3 is 9.88 Å². The first kappa shape index (κ1) is 10.9. The molecule has 16 heavy (non-hydrogen) atoms. The van der Waals surface area contributed by atoms with Crippen LogP contribution in [0.2, 0.25) is 5.02 Å². The molecule has 0 unspecified atom stereocenters. The molecule has 0 aliphatic heterocycles. The molecule has 84 valence electrons.